The molecule has 3 aliphatic heterocycles. The number of amides is 3. The fraction of sp³-hybridized carbons (Fsp3) is 0.600. The van der Waals surface area contributed by atoms with E-state index in [9.17, 15) is 23.2 Å². The number of pyridine rings is 1. The second-order valence-corrected chi connectivity index (χ2v) is 14.9. The van der Waals surface area contributed by atoms with Crippen LogP contribution in [-0.4, -0.2) is 107 Å². The van der Waals surface area contributed by atoms with Crippen molar-refractivity contribution in [2.24, 2.45) is 0 Å². The average molecular weight is 656 g/mol. The highest BCUT2D eigenvalue weighted by molar-refractivity contribution is 5.97. The molecule has 1 aromatic heterocycles. The number of carbonyl (C=O) groups excluding carboxylic acids is 3. The van der Waals surface area contributed by atoms with Crippen LogP contribution in [0.3, 0.4) is 0 Å². The standard InChI is InChI=1S/C35H47F2N5O5/c1-21-15-39(27(16-40(21)33(45)47-34(4,5)6)17-41-22(2)23(3)46-19-31(41)44)18-30(43)42-20-35(7,8)32-29(42)12-24(14-38-32)11-25-9-10-26(36)13-28(25)37/h9-10,12-14,21-23,27H,11,15-20H2,1-8H3/t21-,22-,23+,27-/m1/s1. The van der Waals surface area contributed by atoms with Crippen molar-refractivity contribution in [3.8, 4) is 0 Å². The number of fused-ring (bicyclic) bond motifs is 1. The van der Waals surface area contributed by atoms with Crippen LogP contribution in [0, 0.1) is 11.6 Å². The van der Waals surface area contributed by atoms with Crippen LogP contribution >= 0.6 is 0 Å². The first kappa shape index (κ1) is 34.7. The molecule has 1 aromatic carbocycles. The van der Waals surface area contributed by atoms with E-state index in [0.29, 0.717) is 36.4 Å². The van der Waals surface area contributed by atoms with Crippen LogP contribution in [0.5, 0.6) is 0 Å². The number of hydrogen-bond acceptors (Lipinski definition) is 7. The molecule has 0 N–H and O–H groups in total. The van der Waals surface area contributed by atoms with Crippen LogP contribution < -0.4 is 4.90 Å². The monoisotopic (exact) mass is 655 g/mol. The third-order valence-corrected chi connectivity index (χ3v) is 9.41. The summed E-state index contributed by atoms with van der Waals surface area (Å²) in [6.45, 7) is 16.8. The van der Waals surface area contributed by atoms with E-state index in [1.807, 2.05) is 61.5 Å². The third-order valence-electron chi connectivity index (χ3n) is 9.41. The van der Waals surface area contributed by atoms with Gasteiger partial charge in [-0.05, 0) is 64.8 Å². The lowest BCUT2D eigenvalue weighted by atomic mass is 9.91. The summed E-state index contributed by atoms with van der Waals surface area (Å²) in [6, 6.07) is 4.62. The van der Waals surface area contributed by atoms with Gasteiger partial charge in [-0.1, -0.05) is 19.9 Å². The van der Waals surface area contributed by atoms with Gasteiger partial charge in [0.15, 0.2) is 0 Å². The van der Waals surface area contributed by atoms with Crippen molar-refractivity contribution in [2.75, 3.05) is 44.2 Å². The first-order valence-corrected chi connectivity index (χ1v) is 16.3. The fourth-order valence-corrected chi connectivity index (χ4v) is 6.69. The summed E-state index contributed by atoms with van der Waals surface area (Å²) >= 11 is 0. The highest BCUT2D eigenvalue weighted by Crippen LogP contribution is 2.40. The SMILES string of the molecule is C[C@@H]1OCC(=O)N(C[C@H]2CN(C(=O)OC(C)(C)C)[C@H](C)CN2CC(=O)N2CC(C)(C)c3ncc(Cc4ccc(F)cc4F)cc32)[C@@H]1C. The largest absolute Gasteiger partial charge is 0.444 e. The molecule has 12 heteroatoms. The molecule has 3 amide bonds. The summed E-state index contributed by atoms with van der Waals surface area (Å²) in [7, 11) is 0. The quantitative estimate of drug-likeness (QED) is 0.452. The van der Waals surface area contributed by atoms with Crippen LogP contribution in [-0.2, 0) is 30.9 Å². The Kier molecular flexibility index (Phi) is 9.67. The van der Waals surface area contributed by atoms with Gasteiger partial charge in [-0.25, -0.2) is 13.6 Å². The molecular formula is C35H47F2N5O5. The molecule has 256 valence electrons. The van der Waals surface area contributed by atoms with Gasteiger partial charge in [-0.3, -0.25) is 19.5 Å². The molecule has 0 spiro atoms. The normalized spacial score (nSPS) is 24.8. The van der Waals surface area contributed by atoms with Gasteiger partial charge in [-0.15, -0.1) is 0 Å². The number of anilines is 1. The molecule has 0 bridgehead atoms. The van der Waals surface area contributed by atoms with Crippen LogP contribution in [0.2, 0.25) is 0 Å². The molecular weight excluding hydrogens is 608 g/mol. The number of benzene rings is 1. The maximum atomic E-state index is 14.5. The van der Waals surface area contributed by atoms with Gasteiger partial charge < -0.3 is 24.2 Å². The minimum atomic E-state index is -0.672. The van der Waals surface area contributed by atoms with Crippen molar-refractivity contribution in [3.05, 3.63) is 58.9 Å². The number of aromatic nitrogens is 1. The highest BCUT2D eigenvalue weighted by Gasteiger charge is 2.43. The summed E-state index contributed by atoms with van der Waals surface area (Å²) < 4.78 is 39.3. The van der Waals surface area contributed by atoms with Gasteiger partial charge >= 0.3 is 6.09 Å². The van der Waals surface area contributed by atoms with Gasteiger partial charge in [0, 0.05) is 62.4 Å². The molecule has 5 rings (SSSR count). The Morgan fingerprint density at radius 1 is 1.11 bits per heavy atom. The average Bonchev–Trinajstić information content (AvgIpc) is 3.24. The summed E-state index contributed by atoms with van der Waals surface area (Å²) in [4.78, 5) is 52.4. The molecule has 4 heterocycles. The molecule has 10 nitrogen and oxygen atoms in total. The molecule has 2 aromatic rings. The number of morpholine rings is 1. The Bertz CT molecular complexity index is 1530. The lowest BCUT2D eigenvalue weighted by Gasteiger charge is -2.48. The van der Waals surface area contributed by atoms with E-state index in [2.05, 4.69) is 4.90 Å². The first-order valence-electron chi connectivity index (χ1n) is 16.3. The summed E-state index contributed by atoms with van der Waals surface area (Å²) in [5.41, 5.74) is 1.40. The zero-order valence-corrected chi connectivity index (χ0v) is 28.7. The molecule has 0 unspecified atom stereocenters. The van der Waals surface area contributed by atoms with E-state index in [0.717, 1.165) is 11.8 Å². The second-order valence-electron chi connectivity index (χ2n) is 14.9. The maximum absolute atomic E-state index is 14.5. The maximum Gasteiger partial charge on any atom is 0.410 e. The number of hydrogen-bond donors (Lipinski definition) is 0. The van der Waals surface area contributed by atoms with Gasteiger partial charge in [0.05, 0.1) is 30.1 Å². The zero-order chi connectivity index (χ0) is 34.4. The topological polar surface area (TPSA) is 95.5 Å². The Morgan fingerprint density at radius 2 is 1.83 bits per heavy atom. The molecule has 0 radical (unpaired) electrons. The molecule has 4 atom stereocenters. The van der Waals surface area contributed by atoms with Crippen LogP contribution in [0.1, 0.15) is 72.2 Å². The lowest BCUT2D eigenvalue weighted by Crippen LogP contribution is -2.65. The van der Waals surface area contributed by atoms with Gasteiger partial charge in [0.2, 0.25) is 11.8 Å². The number of rotatable bonds is 6. The van der Waals surface area contributed by atoms with E-state index < -0.39 is 28.7 Å². The van der Waals surface area contributed by atoms with Crippen molar-refractivity contribution in [1.82, 2.24) is 19.7 Å². The van der Waals surface area contributed by atoms with Crippen LogP contribution in [0.25, 0.3) is 0 Å². The van der Waals surface area contributed by atoms with Crippen molar-refractivity contribution < 1.29 is 32.6 Å². The molecule has 2 fully saturated rings. The molecule has 0 saturated carbocycles. The molecule has 47 heavy (non-hydrogen) atoms. The van der Waals surface area contributed by atoms with Crippen molar-refractivity contribution in [3.63, 3.8) is 0 Å². The number of piperazine rings is 1. The van der Waals surface area contributed by atoms with Crippen LogP contribution in [0.4, 0.5) is 19.3 Å². The van der Waals surface area contributed by atoms with E-state index in [1.54, 1.807) is 20.9 Å². The predicted molar refractivity (Wildman–Crippen MR) is 173 cm³/mol. The van der Waals surface area contributed by atoms with Crippen molar-refractivity contribution >= 4 is 23.6 Å². The summed E-state index contributed by atoms with van der Waals surface area (Å²) in [5, 5.41) is 0. The van der Waals surface area contributed by atoms with Gasteiger partial charge in [0.25, 0.3) is 0 Å². The number of carbonyl (C=O) groups is 3. The van der Waals surface area contributed by atoms with Crippen LogP contribution in [0.15, 0.2) is 30.5 Å². The fourth-order valence-electron chi connectivity index (χ4n) is 6.69. The summed E-state index contributed by atoms with van der Waals surface area (Å²) in [5.74, 6) is -1.54. The smallest absolute Gasteiger partial charge is 0.410 e. The van der Waals surface area contributed by atoms with E-state index in [1.165, 1.54) is 12.1 Å². The Labute approximate surface area is 276 Å². The molecule has 2 saturated heterocycles. The highest BCUT2D eigenvalue weighted by atomic mass is 19.1. The zero-order valence-electron chi connectivity index (χ0n) is 28.7. The number of ether oxygens (including phenoxy) is 2. The predicted octanol–water partition coefficient (Wildman–Crippen LogP) is 4.52. The summed E-state index contributed by atoms with van der Waals surface area (Å²) in [6.07, 6.45) is 1.31. The first-order chi connectivity index (χ1) is 21.9. The van der Waals surface area contributed by atoms with Gasteiger partial charge in [-0.2, -0.15) is 0 Å². The lowest BCUT2D eigenvalue weighted by molar-refractivity contribution is -0.156. The van der Waals surface area contributed by atoms with Crippen molar-refractivity contribution in [1.29, 1.82) is 0 Å². The minimum absolute atomic E-state index is 0.0138. The Hall–Kier alpha value is -3.64. The Morgan fingerprint density at radius 3 is 2.51 bits per heavy atom. The Balaban J connectivity index is 1.40. The van der Waals surface area contributed by atoms with Gasteiger partial charge in [0.1, 0.15) is 23.8 Å². The molecule has 0 aliphatic carbocycles. The van der Waals surface area contributed by atoms with E-state index in [4.69, 9.17) is 14.5 Å². The number of halogens is 2. The van der Waals surface area contributed by atoms with E-state index in [-0.39, 0.29) is 62.2 Å². The van der Waals surface area contributed by atoms with Crippen molar-refractivity contribution in [2.45, 2.75) is 97.1 Å². The third kappa shape index (κ3) is 7.59. The second kappa shape index (κ2) is 13.1. The number of nitrogens with zero attached hydrogens (tertiary/aromatic N) is 5. The minimum Gasteiger partial charge on any atom is -0.444 e. The van der Waals surface area contributed by atoms with E-state index >= 15 is 0 Å². The molecule has 3 aliphatic rings.